The summed E-state index contributed by atoms with van der Waals surface area (Å²) in [5.74, 6) is -0.758. The lowest BCUT2D eigenvalue weighted by atomic mass is 10.0. The van der Waals surface area contributed by atoms with Crippen molar-refractivity contribution in [2.24, 2.45) is 0 Å². The number of hydrogen-bond acceptors (Lipinski definition) is 6. The van der Waals surface area contributed by atoms with Crippen molar-refractivity contribution in [2.75, 3.05) is 12.8 Å². The van der Waals surface area contributed by atoms with Crippen LogP contribution in [0.1, 0.15) is 31.5 Å². The molecule has 0 aliphatic rings. The van der Waals surface area contributed by atoms with Gasteiger partial charge in [-0.15, -0.1) is 0 Å². The summed E-state index contributed by atoms with van der Waals surface area (Å²) >= 11 is 11.0. The summed E-state index contributed by atoms with van der Waals surface area (Å²) in [6.45, 7) is 2.07. The molecule has 29 heavy (non-hydrogen) atoms. The number of likely N-dealkylation sites (N-methyl/N-ethyl adjacent to an activating group) is 1. The molecule has 1 unspecified atom stereocenters. The molecule has 12 heteroatoms. The number of halogens is 3. The molecule has 0 saturated carbocycles. The molecule has 1 aromatic rings. The number of hydrogen-bond donors (Lipinski definition) is 3. The van der Waals surface area contributed by atoms with Gasteiger partial charge in [-0.3, -0.25) is 10.1 Å². The zero-order valence-corrected chi connectivity index (χ0v) is 18.1. The van der Waals surface area contributed by atoms with Gasteiger partial charge in [-0.1, -0.05) is 42.3 Å². The quantitative estimate of drug-likeness (QED) is 0.257. The van der Waals surface area contributed by atoms with Crippen molar-refractivity contribution in [1.29, 1.82) is 0 Å². The second-order valence-corrected chi connectivity index (χ2v) is 9.26. The van der Waals surface area contributed by atoms with Crippen LogP contribution < -0.4 is 10.6 Å². The van der Waals surface area contributed by atoms with Crippen molar-refractivity contribution in [3.05, 3.63) is 29.8 Å². The lowest BCUT2D eigenvalue weighted by molar-refractivity contribution is -0.121. The van der Waals surface area contributed by atoms with E-state index in [9.17, 15) is 22.4 Å². The minimum absolute atomic E-state index is 0.0622. The fourth-order valence-electron chi connectivity index (χ4n) is 2.54. The lowest BCUT2D eigenvalue weighted by Gasteiger charge is -2.28. The van der Waals surface area contributed by atoms with Crippen LogP contribution in [-0.2, 0) is 19.4 Å². The van der Waals surface area contributed by atoms with E-state index >= 15 is 0 Å². The Kier molecular flexibility index (Phi) is 10.1. The summed E-state index contributed by atoms with van der Waals surface area (Å²) in [5, 5.41) is 14.2. The first kappa shape index (κ1) is 25.4. The zero-order chi connectivity index (χ0) is 22.2. The highest BCUT2D eigenvalue weighted by Crippen LogP contribution is 2.26. The number of nitrogens with one attached hydrogen (secondary N) is 2. The molecule has 0 spiro atoms. The van der Waals surface area contributed by atoms with E-state index in [2.05, 4.69) is 10.6 Å². The Hall–Kier alpha value is -1.62. The standard InChI is InChI=1S/C17H23Cl2FN2O6S/c1-3-21-15(22-16(23)14(18)19)13(28-17(24)25)9-8-12(20)10-4-6-11(7-5-10)29(2,26)27/h4-7,12-15,21H,3,8-9H2,1-2H3,(H,22,23)(H,24,25)/t12?,13-,15+/m1/s1. The molecule has 0 aromatic heterocycles. The zero-order valence-electron chi connectivity index (χ0n) is 15.8. The lowest BCUT2D eigenvalue weighted by Crippen LogP contribution is -2.55. The maximum atomic E-state index is 14.6. The first-order valence-electron chi connectivity index (χ1n) is 8.61. The van der Waals surface area contributed by atoms with Crippen molar-refractivity contribution in [1.82, 2.24) is 10.6 Å². The van der Waals surface area contributed by atoms with Crippen molar-refractivity contribution in [2.45, 2.75) is 47.9 Å². The van der Waals surface area contributed by atoms with E-state index in [0.29, 0.717) is 6.54 Å². The largest absolute Gasteiger partial charge is 0.506 e. The van der Waals surface area contributed by atoms with Gasteiger partial charge in [0.2, 0.25) is 0 Å². The Balaban J connectivity index is 2.88. The minimum Gasteiger partial charge on any atom is -0.450 e. The van der Waals surface area contributed by atoms with Crippen LogP contribution in [0.4, 0.5) is 9.18 Å². The van der Waals surface area contributed by atoms with Crippen molar-refractivity contribution in [3.8, 4) is 0 Å². The Bertz CT molecular complexity index is 792. The van der Waals surface area contributed by atoms with Crippen LogP contribution in [0.2, 0.25) is 0 Å². The molecule has 0 aliphatic heterocycles. The van der Waals surface area contributed by atoms with Gasteiger partial charge in [-0.2, -0.15) is 0 Å². The molecule has 1 rings (SSSR count). The van der Waals surface area contributed by atoms with Gasteiger partial charge in [0.15, 0.2) is 14.7 Å². The Morgan fingerprint density at radius 1 is 1.21 bits per heavy atom. The van der Waals surface area contributed by atoms with Gasteiger partial charge in [0.25, 0.3) is 5.91 Å². The van der Waals surface area contributed by atoms with Gasteiger partial charge in [0.1, 0.15) is 18.4 Å². The highest BCUT2D eigenvalue weighted by molar-refractivity contribution is 7.90. The van der Waals surface area contributed by atoms with Crippen LogP contribution in [0.3, 0.4) is 0 Å². The molecule has 1 aromatic carbocycles. The van der Waals surface area contributed by atoms with E-state index in [-0.39, 0.29) is 23.3 Å². The molecule has 0 aliphatic carbocycles. The number of amides is 1. The smallest absolute Gasteiger partial charge is 0.450 e. The fraction of sp³-hybridized carbons (Fsp3) is 0.529. The number of carboxylic acid groups (broad SMARTS) is 1. The van der Waals surface area contributed by atoms with Crippen LogP contribution in [0.5, 0.6) is 0 Å². The van der Waals surface area contributed by atoms with Gasteiger partial charge in [-0.05, 0) is 37.1 Å². The van der Waals surface area contributed by atoms with Gasteiger partial charge in [-0.25, -0.2) is 17.6 Å². The molecule has 3 atom stereocenters. The summed E-state index contributed by atoms with van der Waals surface area (Å²) in [6.07, 6.45) is -4.35. The number of sulfone groups is 1. The van der Waals surface area contributed by atoms with Gasteiger partial charge >= 0.3 is 6.16 Å². The molecule has 0 heterocycles. The molecular weight excluding hydrogens is 450 g/mol. The summed E-state index contributed by atoms with van der Waals surface area (Å²) in [5.41, 5.74) is 0.233. The SMILES string of the molecule is CCN[C@@H](NC(=O)C(Cl)Cl)[C@@H](CCC(F)c1ccc(S(C)(=O)=O)cc1)OC(=O)O. The van der Waals surface area contributed by atoms with Crippen molar-refractivity contribution >= 4 is 45.1 Å². The second-order valence-electron chi connectivity index (χ2n) is 6.15. The van der Waals surface area contributed by atoms with Crippen LogP contribution in [0.25, 0.3) is 0 Å². The van der Waals surface area contributed by atoms with Crippen LogP contribution in [0.15, 0.2) is 29.2 Å². The molecule has 0 fully saturated rings. The summed E-state index contributed by atoms with van der Waals surface area (Å²) in [6, 6.07) is 5.29. The van der Waals surface area contributed by atoms with E-state index in [4.69, 9.17) is 33.0 Å². The number of ether oxygens (including phenoxy) is 1. The van der Waals surface area contributed by atoms with E-state index in [0.717, 1.165) is 6.26 Å². The number of rotatable bonds is 11. The molecular formula is C17H23Cl2FN2O6S. The molecule has 0 bridgehead atoms. The maximum absolute atomic E-state index is 14.6. The Labute approximate surface area is 178 Å². The predicted octanol–water partition coefficient (Wildman–Crippen LogP) is 2.80. The number of carbonyl (C=O) groups excluding carboxylic acids is 1. The molecule has 164 valence electrons. The summed E-state index contributed by atoms with van der Waals surface area (Å²) < 4.78 is 42.4. The third kappa shape index (κ3) is 8.73. The molecule has 0 saturated heterocycles. The first-order chi connectivity index (χ1) is 13.5. The summed E-state index contributed by atoms with van der Waals surface area (Å²) in [7, 11) is -3.40. The van der Waals surface area contributed by atoms with Crippen LogP contribution in [0, 0.1) is 0 Å². The maximum Gasteiger partial charge on any atom is 0.506 e. The molecule has 0 radical (unpaired) electrons. The number of alkyl halides is 3. The number of carbonyl (C=O) groups is 2. The Morgan fingerprint density at radius 3 is 2.24 bits per heavy atom. The van der Waals surface area contributed by atoms with Gasteiger partial charge in [0, 0.05) is 6.26 Å². The van der Waals surface area contributed by atoms with Crippen LogP contribution in [-0.4, -0.2) is 55.5 Å². The van der Waals surface area contributed by atoms with Crippen molar-refractivity contribution in [3.63, 3.8) is 0 Å². The monoisotopic (exact) mass is 472 g/mol. The second kappa shape index (κ2) is 11.5. The predicted molar refractivity (Wildman–Crippen MR) is 107 cm³/mol. The molecule has 8 nitrogen and oxygen atoms in total. The topological polar surface area (TPSA) is 122 Å². The first-order valence-corrected chi connectivity index (χ1v) is 11.4. The minimum atomic E-state index is -3.40. The molecule has 1 amide bonds. The Morgan fingerprint density at radius 2 is 1.79 bits per heavy atom. The highest BCUT2D eigenvalue weighted by atomic mass is 35.5. The van der Waals surface area contributed by atoms with Crippen LogP contribution >= 0.6 is 23.2 Å². The average Bonchev–Trinajstić information content (AvgIpc) is 2.63. The number of benzene rings is 1. The van der Waals surface area contributed by atoms with E-state index in [1.807, 2.05) is 0 Å². The third-order valence-electron chi connectivity index (χ3n) is 3.92. The fourth-order valence-corrected chi connectivity index (χ4v) is 3.29. The van der Waals surface area contributed by atoms with Crippen molar-refractivity contribution < 1.29 is 32.2 Å². The van der Waals surface area contributed by atoms with Gasteiger partial charge in [0.05, 0.1) is 4.90 Å². The normalized spacial score (nSPS) is 14.8. The molecule has 3 N–H and O–H groups in total. The van der Waals surface area contributed by atoms with E-state index in [1.165, 1.54) is 24.3 Å². The third-order valence-corrected chi connectivity index (χ3v) is 5.44. The van der Waals surface area contributed by atoms with E-state index in [1.54, 1.807) is 6.92 Å². The summed E-state index contributed by atoms with van der Waals surface area (Å²) in [4.78, 5) is 21.5. The highest BCUT2D eigenvalue weighted by Gasteiger charge is 2.29. The average molecular weight is 473 g/mol. The van der Waals surface area contributed by atoms with Gasteiger partial charge < -0.3 is 15.2 Å². The van der Waals surface area contributed by atoms with E-state index < -0.39 is 45.2 Å².